The van der Waals surface area contributed by atoms with Crippen molar-refractivity contribution in [1.82, 2.24) is 20.8 Å². The van der Waals surface area contributed by atoms with Crippen molar-refractivity contribution in [2.24, 2.45) is 0 Å². The second-order valence-electron chi connectivity index (χ2n) is 5.93. The first kappa shape index (κ1) is 16.9. The van der Waals surface area contributed by atoms with E-state index in [4.69, 9.17) is 0 Å². The van der Waals surface area contributed by atoms with Crippen LogP contribution in [0.4, 0.5) is 5.82 Å². The SMILES string of the molecule is O=C(CNCC1CCCN1c1cccnn1)NCCc1ccsc1. The molecule has 1 aliphatic rings. The maximum Gasteiger partial charge on any atom is 0.233 e. The van der Waals surface area contributed by atoms with Gasteiger partial charge in [0.1, 0.15) is 0 Å². The van der Waals surface area contributed by atoms with E-state index < -0.39 is 0 Å². The highest BCUT2D eigenvalue weighted by Crippen LogP contribution is 2.22. The number of thiophene rings is 1. The molecule has 1 unspecified atom stereocenters. The van der Waals surface area contributed by atoms with Crippen molar-refractivity contribution < 1.29 is 4.79 Å². The molecule has 7 heteroatoms. The van der Waals surface area contributed by atoms with E-state index in [0.717, 1.165) is 38.2 Å². The first-order chi connectivity index (χ1) is 11.8. The number of aromatic nitrogens is 2. The van der Waals surface area contributed by atoms with Gasteiger partial charge in [0.2, 0.25) is 5.91 Å². The van der Waals surface area contributed by atoms with Gasteiger partial charge in [0.25, 0.3) is 0 Å². The zero-order chi connectivity index (χ0) is 16.6. The molecule has 0 bridgehead atoms. The molecule has 0 saturated carbocycles. The maximum absolute atomic E-state index is 11.9. The van der Waals surface area contributed by atoms with E-state index in [2.05, 4.69) is 42.6 Å². The van der Waals surface area contributed by atoms with Crippen LogP contribution in [-0.2, 0) is 11.2 Å². The Hall–Kier alpha value is -1.99. The van der Waals surface area contributed by atoms with Crippen LogP contribution in [0.2, 0.25) is 0 Å². The molecule has 2 aromatic rings. The molecule has 2 N–H and O–H groups in total. The standard InChI is InChI=1S/C17H23N5OS/c23-17(19-8-5-14-6-10-24-13-14)12-18-11-15-3-2-9-22(15)16-4-1-7-20-21-16/h1,4,6-7,10,13,15,18H,2-3,5,8-9,11-12H2,(H,19,23). The number of amides is 1. The van der Waals surface area contributed by atoms with E-state index in [1.54, 1.807) is 17.5 Å². The van der Waals surface area contributed by atoms with Crippen LogP contribution in [0.15, 0.2) is 35.2 Å². The minimum atomic E-state index is 0.0503. The molecule has 1 saturated heterocycles. The zero-order valence-corrected chi connectivity index (χ0v) is 14.5. The molecule has 1 atom stereocenters. The summed E-state index contributed by atoms with van der Waals surface area (Å²) >= 11 is 1.69. The second-order valence-corrected chi connectivity index (χ2v) is 6.71. The van der Waals surface area contributed by atoms with Crippen molar-refractivity contribution >= 4 is 23.1 Å². The summed E-state index contributed by atoms with van der Waals surface area (Å²) in [5.74, 6) is 0.969. The number of nitrogens with one attached hydrogen (secondary N) is 2. The van der Waals surface area contributed by atoms with Crippen LogP contribution in [0.1, 0.15) is 18.4 Å². The number of hydrogen-bond acceptors (Lipinski definition) is 6. The lowest BCUT2D eigenvalue weighted by atomic mass is 10.2. The van der Waals surface area contributed by atoms with Crippen LogP contribution in [0.5, 0.6) is 0 Å². The number of rotatable bonds is 8. The molecule has 1 amide bonds. The van der Waals surface area contributed by atoms with Crippen molar-refractivity contribution in [3.05, 3.63) is 40.7 Å². The van der Waals surface area contributed by atoms with Gasteiger partial charge in [0.05, 0.1) is 6.54 Å². The molecule has 1 fully saturated rings. The van der Waals surface area contributed by atoms with Crippen molar-refractivity contribution in [3.8, 4) is 0 Å². The van der Waals surface area contributed by atoms with Gasteiger partial charge < -0.3 is 15.5 Å². The molecule has 0 radical (unpaired) electrons. The van der Waals surface area contributed by atoms with Crippen molar-refractivity contribution in [1.29, 1.82) is 0 Å². The van der Waals surface area contributed by atoms with Gasteiger partial charge in [-0.2, -0.15) is 16.4 Å². The monoisotopic (exact) mass is 345 g/mol. The Morgan fingerprint density at radius 2 is 2.38 bits per heavy atom. The third kappa shape index (κ3) is 4.75. The molecule has 24 heavy (non-hydrogen) atoms. The molecule has 0 aromatic carbocycles. The second kappa shape index (κ2) is 8.75. The number of nitrogens with zero attached hydrogens (tertiary/aromatic N) is 3. The topological polar surface area (TPSA) is 70.2 Å². The minimum Gasteiger partial charge on any atom is -0.355 e. The molecule has 0 spiro atoms. The van der Waals surface area contributed by atoms with Gasteiger partial charge in [-0.1, -0.05) is 0 Å². The predicted octanol–water partition coefficient (Wildman–Crippen LogP) is 1.46. The number of hydrogen-bond donors (Lipinski definition) is 2. The number of carbonyl (C=O) groups is 1. The van der Waals surface area contributed by atoms with Crippen molar-refractivity contribution in [3.63, 3.8) is 0 Å². The quantitative estimate of drug-likeness (QED) is 0.758. The molecule has 6 nitrogen and oxygen atoms in total. The molecule has 1 aliphatic heterocycles. The summed E-state index contributed by atoms with van der Waals surface area (Å²) in [6, 6.07) is 6.37. The highest BCUT2D eigenvalue weighted by atomic mass is 32.1. The summed E-state index contributed by atoms with van der Waals surface area (Å²) in [4.78, 5) is 14.2. The van der Waals surface area contributed by atoms with E-state index >= 15 is 0 Å². The van der Waals surface area contributed by atoms with E-state index in [0.29, 0.717) is 19.1 Å². The van der Waals surface area contributed by atoms with Crippen molar-refractivity contribution in [2.75, 3.05) is 31.1 Å². The normalized spacial score (nSPS) is 17.2. The van der Waals surface area contributed by atoms with Gasteiger partial charge in [-0.3, -0.25) is 4.79 Å². The fourth-order valence-corrected chi connectivity index (χ4v) is 3.70. The third-order valence-electron chi connectivity index (χ3n) is 4.21. The van der Waals surface area contributed by atoms with Crippen LogP contribution >= 0.6 is 11.3 Å². The number of anilines is 1. The van der Waals surface area contributed by atoms with Gasteiger partial charge in [0.15, 0.2) is 5.82 Å². The molecular weight excluding hydrogens is 322 g/mol. The Kier molecular flexibility index (Phi) is 6.14. The van der Waals surface area contributed by atoms with E-state index in [1.165, 1.54) is 5.56 Å². The first-order valence-corrected chi connectivity index (χ1v) is 9.30. The third-order valence-corrected chi connectivity index (χ3v) is 4.94. The van der Waals surface area contributed by atoms with Crippen molar-refractivity contribution in [2.45, 2.75) is 25.3 Å². The Bertz CT molecular complexity index is 619. The molecular formula is C17H23N5OS. The van der Waals surface area contributed by atoms with E-state index in [9.17, 15) is 4.79 Å². The Balaban J connectivity index is 1.35. The zero-order valence-electron chi connectivity index (χ0n) is 13.6. The molecule has 2 aromatic heterocycles. The lowest BCUT2D eigenvalue weighted by molar-refractivity contribution is -0.120. The van der Waals surface area contributed by atoms with Crippen LogP contribution in [0.3, 0.4) is 0 Å². The van der Waals surface area contributed by atoms with Crippen LogP contribution in [-0.4, -0.2) is 48.3 Å². The maximum atomic E-state index is 11.9. The van der Waals surface area contributed by atoms with E-state index in [-0.39, 0.29) is 5.91 Å². The minimum absolute atomic E-state index is 0.0503. The van der Waals surface area contributed by atoms with Gasteiger partial charge >= 0.3 is 0 Å². The van der Waals surface area contributed by atoms with Gasteiger partial charge in [-0.15, -0.1) is 5.10 Å². The molecule has 3 rings (SSSR count). The number of carbonyl (C=O) groups excluding carboxylic acids is 1. The van der Waals surface area contributed by atoms with Crippen LogP contribution < -0.4 is 15.5 Å². The Labute approximate surface area is 146 Å². The summed E-state index contributed by atoms with van der Waals surface area (Å²) in [6.45, 7) is 2.83. The van der Waals surface area contributed by atoms with Gasteiger partial charge in [-0.25, -0.2) is 0 Å². The lowest BCUT2D eigenvalue weighted by Crippen LogP contribution is -2.42. The van der Waals surface area contributed by atoms with Crippen LogP contribution in [0.25, 0.3) is 0 Å². The van der Waals surface area contributed by atoms with E-state index in [1.807, 2.05) is 12.1 Å². The fourth-order valence-electron chi connectivity index (χ4n) is 2.99. The Morgan fingerprint density at radius 1 is 1.42 bits per heavy atom. The summed E-state index contributed by atoms with van der Waals surface area (Å²) in [6.07, 6.45) is 4.84. The summed E-state index contributed by atoms with van der Waals surface area (Å²) < 4.78 is 0. The van der Waals surface area contributed by atoms with Gasteiger partial charge in [-0.05, 0) is 53.8 Å². The molecule has 0 aliphatic carbocycles. The highest BCUT2D eigenvalue weighted by molar-refractivity contribution is 7.07. The summed E-state index contributed by atoms with van der Waals surface area (Å²) in [5, 5.41) is 18.5. The molecule has 128 valence electrons. The Morgan fingerprint density at radius 3 is 3.17 bits per heavy atom. The smallest absolute Gasteiger partial charge is 0.233 e. The largest absolute Gasteiger partial charge is 0.355 e. The average molecular weight is 345 g/mol. The predicted molar refractivity (Wildman–Crippen MR) is 96.3 cm³/mol. The summed E-state index contributed by atoms with van der Waals surface area (Å²) in [5.41, 5.74) is 1.28. The fraction of sp³-hybridized carbons (Fsp3) is 0.471. The highest BCUT2D eigenvalue weighted by Gasteiger charge is 2.25. The first-order valence-electron chi connectivity index (χ1n) is 8.36. The van der Waals surface area contributed by atoms with Gasteiger partial charge in [0, 0.05) is 31.9 Å². The lowest BCUT2D eigenvalue weighted by Gasteiger charge is -2.25. The summed E-state index contributed by atoms with van der Waals surface area (Å²) in [7, 11) is 0. The average Bonchev–Trinajstić information content (AvgIpc) is 3.27. The van der Waals surface area contributed by atoms with Crippen LogP contribution in [0, 0.1) is 0 Å². The molecule has 3 heterocycles.